The van der Waals surface area contributed by atoms with Gasteiger partial charge in [0.1, 0.15) is 5.82 Å². The third-order valence-electron chi connectivity index (χ3n) is 5.65. The van der Waals surface area contributed by atoms with Crippen LogP contribution in [0.4, 0.5) is 10.1 Å². The maximum Gasteiger partial charge on any atom is 0.276 e. The van der Waals surface area contributed by atoms with Crippen LogP contribution in [0.15, 0.2) is 59.5 Å². The third-order valence-corrected chi connectivity index (χ3v) is 7.54. The third kappa shape index (κ3) is 3.94. The SMILES string of the molecule is Cc1c(F)cc(C(=O)N2CCN(S(=O)(=O)c3ccc4ccccc4c3)CC2)cc1[N+](=O)[O-]. The minimum atomic E-state index is -3.75. The fourth-order valence-electron chi connectivity index (χ4n) is 3.77. The molecule has 32 heavy (non-hydrogen) atoms. The van der Waals surface area contributed by atoms with Gasteiger partial charge in [-0.15, -0.1) is 0 Å². The van der Waals surface area contributed by atoms with Crippen molar-refractivity contribution in [3.05, 3.63) is 81.7 Å². The fourth-order valence-corrected chi connectivity index (χ4v) is 5.23. The zero-order valence-electron chi connectivity index (χ0n) is 17.2. The summed E-state index contributed by atoms with van der Waals surface area (Å²) in [5.74, 6) is -1.41. The molecule has 1 fully saturated rings. The normalized spacial score (nSPS) is 15.1. The predicted octanol–water partition coefficient (Wildman–Crippen LogP) is 3.34. The molecule has 10 heteroatoms. The van der Waals surface area contributed by atoms with Crippen LogP contribution in [0.2, 0.25) is 0 Å². The van der Waals surface area contributed by atoms with Gasteiger partial charge < -0.3 is 4.90 Å². The smallest absolute Gasteiger partial charge is 0.276 e. The number of nitro groups is 1. The number of hydrogen-bond donors (Lipinski definition) is 0. The van der Waals surface area contributed by atoms with Gasteiger partial charge in [0.2, 0.25) is 10.0 Å². The maximum atomic E-state index is 14.1. The van der Waals surface area contributed by atoms with Gasteiger partial charge in [-0.05, 0) is 35.9 Å². The summed E-state index contributed by atoms with van der Waals surface area (Å²) >= 11 is 0. The molecule has 0 N–H and O–H groups in total. The summed E-state index contributed by atoms with van der Waals surface area (Å²) in [5.41, 5.74) is -0.741. The summed E-state index contributed by atoms with van der Waals surface area (Å²) in [7, 11) is -3.75. The van der Waals surface area contributed by atoms with Crippen molar-refractivity contribution in [3.63, 3.8) is 0 Å². The molecule has 1 aliphatic rings. The number of sulfonamides is 1. The van der Waals surface area contributed by atoms with Crippen molar-refractivity contribution in [1.82, 2.24) is 9.21 Å². The lowest BCUT2D eigenvalue weighted by Gasteiger charge is -2.34. The highest BCUT2D eigenvalue weighted by Gasteiger charge is 2.31. The Kier molecular flexibility index (Phi) is 5.66. The second-order valence-electron chi connectivity index (χ2n) is 7.56. The average Bonchev–Trinajstić information content (AvgIpc) is 2.79. The van der Waals surface area contributed by atoms with E-state index in [1.54, 1.807) is 18.2 Å². The van der Waals surface area contributed by atoms with Crippen molar-refractivity contribution in [1.29, 1.82) is 0 Å². The van der Waals surface area contributed by atoms with E-state index in [0.29, 0.717) is 0 Å². The fraction of sp³-hybridized carbons (Fsp3) is 0.227. The highest BCUT2D eigenvalue weighted by atomic mass is 32.2. The molecule has 3 aromatic carbocycles. The van der Waals surface area contributed by atoms with Crippen molar-refractivity contribution in [3.8, 4) is 0 Å². The molecule has 166 valence electrons. The van der Waals surface area contributed by atoms with Gasteiger partial charge in [-0.2, -0.15) is 4.31 Å². The first-order valence-electron chi connectivity index (χ1n) is 9.91. The lowest BCUT2D eigenvalue weighted by Crippen LogP contribution is -2.50. The number of amides is 1. The molecule has 4 rings (SSSR count). The van der Waals surface area contributed by atoms with Crippen LogP contribution in [0.1, 0.15) is 15.9 Å². The minimum absolute atomic E-state index is 0.0668. The van der Waals surface area contributed by atoms with Gasteiger partial charge in [0.15, 0.2) is 0 Å². The summed E-state index contributed by atoms with van der Waals surface area (Å²) in [5, 5.41) is 12.9. The van der Waals surface area contributed by atoms with Crippen molar-refractivity contribution in [2.75, 3.05) is 26.2 Å². The Hall–Kier alpha value is -3.37. The number of halogens is 1. The quantitative estimate of drug-likeness (QED) is 0.442. The first-order valence-corrected chi connectivity index (χ1v) is 11.4. The van der Waals surface area contributed by atoms with Gasteiger partial charge in [-0.25, -0.2) is 12.8 Å². The summed E-state index contributed by atoms with van der Waals surface area (Å²) in [6, 6.07) is 14.4. The molecule has 0 atom stereocenters. The van der Waals surface area contributed by atoms with Crippen LogP contribution in [-0.4, -0.2) is 54.6 Å². The molecule has 0 radical (unpaired) electrons. The molecular formula is C22H20FN3O5S. The van der Waals surface area contributed by atoms with E-state index >= 15 is 0 Å². The second kappa shape index (κ2) is 8.29. The first kappa shape index (κ1) is 21.8. The number of nitro benzene ring substituents is 1. The first-order chi connectivity index (χ1) is 15.2. The number of carbonyl (C=O) groups excluding carboxylic acids is 1. The van der Waals surface area contributed by atoms with Gasteiger partial charge in [0.25, 0.3) is 11.6 Å². The number of piperazine rings is 1. The topological polar surface area (TPSA) is 101 Å². The van der Waals surface area contributed by atoms with Gasteiger partial charge in [0, 0.05) is 37.8 Å². The minimum Gasteiger partial charge on any atom is -0.336 e. The molecule has 1 aliphatic heterocycles. The van der Waals surface area contributed by atoms with Crippen molar-refractivity contribution >= 4 is 32.4 Å². The molecule has 1 amide bonds. The van der Waals surface area contributed by atoms with Crippen LogP contribution >= 0.6 is 0 Å². The second-order valence-corrected chi connectivity index (χ2v) is 9.50. The molecular weight excluding hydrogens is 437 g/mol. The van der Waals surface area contributed by atoms with E-state index in [2.05, 4.69) is 0 Å². The lowest BCUT2D eigenvalue weighted by atomic mass is 10.1. The predicted molar refractivity (Wildman–Crippen MR) is 116 cm³/mol. The Bertz CT molecular complexity index is 1330. The Labute approximate surface area is 184 Å². The van der Waals surface area contributed by atoms with Crippen LogP contribution in [0.25, 0.3) is 10.8 Å². The molecule has 1 heterocycles. The molecule has 8 nitrogen and oxygen atoms in total. The molecule has 0 aliphatic carbocycles. The van der Waals surface area contributed by atoms with Crippen molar-refractivity contribution in [2.24, 2.45) is 0 Å². The molecule has 0 unspecified atom stereocenters. The van der Waals surface area contributed by atoms with E-state index in [1.807, 2.05) is 24.3 Å². The Balaban J connectivity index is 1.51. The van der Waals surface area contributed by atoms with Crippen LogP contribution in [0.5, 0.6) is 0 Å². The highest BCUT2D eigenvalue weighted by Crippen LogP contribution is 2.25. The lowest BCUT2D eigenvalue weighted by molar-refractivity contribution is -0.385. The monoisotopic (exact) mass is 457 g/mol. The number of hydrogen-bond acceptors (Lipinski definition) is 5. The summed E-state index contributed by atoms with van der Waals surface area (Å²) in [6.07, 6.45) is 0. The van der Waals surface area contributed by atoms with E-state index < -0.39 is 32.4 Å². The number of nitrogens with zero attached hydrogens (tertiary/aromatic N) is 3. The maximum absolute atomic E-state index is 14.1. The largest absolute Gasteiger partial charge is 0.336 e. The molecule has 0 saturated carbocycles. The van der Waals surface area contributed by atoms with Crippen LogP contribution < -0.4 is 0 Å². The molecule has 1 saturated heterocycles. The zero-order valence-corrected chi connectivity index (χ0v) is 18.0. The number of fused-ring (bicyclic) bond motifs is 1. The van der Waals surface area contributed by atoms with E-state index in [4.69, 9.17) is 0 Å². The van der Waals surface area contributed by atoms with E-state index in [0.717, 1.165) is 22.9 Å². The number of rotatable bonds is 4. The van der Waals surface area contributed by atoms with E-state index in [9.17, 15) is 27.7 Å². The van der Waals surface area contributed by atoms with Crippen LogP contribution in [0.3, 0.4) is 0 Å². The number of benzene rings is 3. The van der Waals surface area contributed by atoms with Crippen LogP contribution in [-0.2, 0) is 10.0 Å². The molecule has 0 bridgehead atoms. The summed E-state index contributed by atoms with van der Waals surface area (Å²) < 4.78 is 41.5. The Morgan fingerprint density at radius 1 is 1.00 bits per heavy atom. The van der Waals surface area contributed by atoms with Gasteiger partial charge in [-0.1, -0.05) is 30.3 Å². The average molecular weight is 457 g/mol. The van der Waals surface area contributed by atoms with Gasteiger partial charge >= 0.3 is 0 Å². The van der Waals surface area contributed by atoms with E-state index in [1.165, 1.54) is 16.1 Å². The summed E-state index contributed by atoms with van der Waals surface area (Å²) in [6.45, 7) is 1.59. The van der Waals surface area contributed by atoms with Gasteiger partial charge in [-0.3, -0.25) is 14.9 Å². The molecule has 0 spiro atoms. The van der Waals surface area contributed by atoms with E-state index in [-0.39, 0.29) is 42.2 Å². The Morgan fingerprint density at radius 2 is 1.66 bits per heavy atom. The van der Waals surface area contributed by atoms with Crippen molar-refractivity contribution in [2.45, 2.75) is 11.8 Å². The van der Waals surface area contributed by atoms with Crippen LogP contribution in [0, 0.1) is 22.9 Å². The zero-order chi connectivity index (χ0) is 23.0. The summed E-state index contributed by atoms with van der Waals surface area (Å²) in [4.78, 5) is 24.7. The molecule has 3 aromatic rings. The molecule has 0 aromatic heterocycles. The number of carbonyl (C=O) groups is 1. The highest BCUT2D eigenvalue weighted by molar-refractivity contribution is 7.89. The van der Waals surface area contributed by atoms with Gasteiger partial charge in [0.05, 0.1) is 15.4 Å². The van der Waals surface area contributed by atoms with Crippen molar-refractivity contribution < 1.29 is 22.5 Å². The standard InChI is InChI=1S/C22H20FN3O5S/c1-15-20(23)13-18(14-21(15)26(28)29)22(27)24-8-10-25(11-9-24)32(30,31)19-7-6-16-4-2-3-5-17(16)12-19/h2-7,12-14H,8-11H2,1H3. The Morgan fingerprint density at radius 3 is 2.31 bits per heavy atom.